The SMILES string of the molecule is CC(C)C(C)(CC(=O)NC[C@H](C)O)C(=O)O. The molecular formula is C11H21NO4. The Labute approximate surface area is 95.9 Å². The van der Waals surface area contributed by atoms with Gasteiger partial charge in [-0.15, -0.1) is 0 Å². The van der Waals surface area contributed by atoms with Gasteiger partial charge in [0.15, 0.2) is 0 Å². The second-order valence-electron chi connectivity index (χ2n) is 4.71. The first-order valence-corrected chi connectivity index (χ1v) is 5.38. The van der Waals surface area contributed by atoms with Gasteiger partial charge in [0.05, 0.1) is 11.5 Å². The minimum Gasteiger partial charge on any atom is -0.481 e. The van der Waals surface area contributed by atoms with Crippen LogP contribution in [0.3, 0.4) is 0 Å². The Bertz CT molecular complexity index is 263. The third-order valence-electron chi connectivity index (χ3n) is 2.89. The zero-order valence-corrected chi connectivity index (χ0v) is 10.3. The van der Waals surface area contributed by atoms with Crippen molar-refractivity contribution >= 4 is 11.9 Å². The number of aliphatic carboxylic acids is 1. The van der Waals surface area contributed by atoms with Gasteiger partial charge in [0.1, 0.15) is 0 Å². The van der Waals surface area contributed by atoms with Crippen LogP contribution in [0.2, 0.25) is 0 Å². The average Bonchev–Trinajstić information content (AvgIpc) is 2.13. The highest BCUT2D eigenvalue weighted by Crippen LogP contribution is 2.31. The van der Waals surface area contributed by atoms with Crippen molar-refractivity contribution in [2.24, 2.45) is 11.3 Å². The van der Waals surface area contributed by atoms with Crippen molar-refractivity contribution in [1.29, 1.82) is 0 Å². The molecule has 3 N–H and O–H groups in total. The number of carboxylic acid groups (broad SMARTS) is 1. The number of amides is 1. The van der Waals surface area contributed by atoms with Crippen LogP contribution in [0.1, 0.15) is 34.1 Å². The standard InChI is InChI=1S/C11H21NO4/c1-7(2)11(4,10(15)16)5-9(14)12-6-8(3)13/h7-8,13H,5-6H2,1-4H3,(H,12,14)(H,15,16)/t8-,11?/m0/s1. The van der Waals surface area contributed by atoms with Crippen LogP contribution in [0, 0.1) is 11.3 Å². The molecule has 5 heteroatoms. The van der Waals surface area contributed by atoms with E-state index in [9.17, 15) is 9.59 Å². The van der Waals surface area contributed by atoms with Crippen LogP contribution in [-0.2, 0) is 9.59 Å². The number of carboxylic acids is 1. The van der Waals surface area contributed by atoms with Gasteiger partial charge in [-0.1, -0.05) is 13.8 Å². The Morgan fingerprint density at radius 1 is 1.31 bits per heavy atom. The van der Waals surface area contributed by atoms with E-state index < -0.39 is 17.5 Å². The molecule has 0 aromatic carbocycles. The minimum absolute atomic E-state index is 0.0767. The van der Waals surface area contributed by atoms with Gasteiger partial charge in [0.25, 0.3) is 0 Å². The van der Waals surface area contributed by atoms with Crippen molar-refractivity contribution in [1.82, 2.24) is 5.32 Å². The lowest BCUT2D eigenvalue weighted by molar-refractivity contribution is -0.153. The second-order valence-corrected chi connectivity index (χ2v) is 4.71. The highest BCUT2D eigenvalue weighted by Gasteiger charge is 2.38. The van der Waals surface area contributed by atoms with E-state index in [-0.39, 0.29) is 24.8 Å². The summed E-state index contributed by atoms with van der Waals surface area (Å²) in [6, 6.07) is 0. The number of hydrogen-bond acceptors (Lipinski definition) is 3. The van der Waals surface area contributed by atoms with E-state index in [1.165, 1.54) is 0 Å². The molecule has 0 aliphatic heterocycles. The Morgan fingerprint density at radius 3 is 2.12 bits per heavy atom. The largest absolute Gasteiger partial charge is 0.481 e. The average molecular weight is 231 g/mol. The molecule has 1 unspecified atom stereocenters. The summed E-state index contributed by atoms with van der Waals surface area (Å²) in [6.45, 7) is 6.81. The van der Waals surface area contributed by atoms with Crippen LogP contribution in [0.5, 0.6) is 0 Å². The van der Waals surface area contributed by atoms with Gasteiger partial charge < -0.3 is 15.5 Å². The molecule has 0 heterocycles. The first-order chi connectivity index (χ1) is 7.20. The van der Waals surface area contributed by atoms with E-state index in [1.54, 1.807) is 27.7 Å². The molecule has 0 aliphatic rings. The van der Waals surface area contributed by atoms with Crippen LogP contribution < -0.4 is 5.32 Å². The predicted octanol–water partition coefficient (Wildman–Crippen LogP) is 0.620. The van der Waals surface area contributed by atoms with Crippen molar-refractivity contribution < 1.29 is 19.8 Å². The Balaban J connectivity index is 4.42. The van der Waals surface area contributed by atoms with E-state index >= 15 is 0 Å². The number of carbonyl (C=O) groups is 2. The van der Waals surface area contributed by atoms with E-state index in [0.717, 1.165) is 0 Å². The quantitative estimate of drug-likeness (QED) is 0.625. The summed E-state index contributed by atoms with van der Waals surface area (Å²) in [5, 5.41) is 20.6. The molecule has 0 aromatic heterocycles. The molecule has 0 saturated carbocycles. The summed E-state index contributed by atoms with van der Waals surface area (Å²) >= 11 is 0. The number of nitrogens with one attached hydrogen (secondary N) is 1. The Morgan fingerprint density at radius 2 is 1.81 bits per heavy atom. The molecule has 0 aliphatic carbocycles. The van der Waals surface area contributed by atoms with Gasteiger partial charge in [-0.3, -0.25) is 9.59 Å². The summed E-state index contributed by atoms with van der Waals surface area (Å²) < 4.78 is 0. The molecule has 0 spiro atoms. The molecule has 0 saturated heterocycles. The summed E-state index contributed by atoms with van der Waals surface area (Å²) in [5.74, 6) is -1.46. The van der Waals surface area contributed by atoms with Crippen molar-refractivity contribution in [2.75, 3.05) is 6.54 Å². The number of carbonyl (C=O) groups excluding carboxylic acids is 1. The van der Waals surface area contributed by atoms with Crippen LogP contribution in [-0.4, -0.2) is 34.7 Å². The van der Waals surface area contributed by atoms with Crippen molar-refractivity contribution in [2.45, 2.75) is 40.2 Å². The number of hydrogen-bond donors (Lipinski definition) is 3. The van der Waals surface area contributed by atoms with E-state index in [4.69, 9.17) is 10.2 Å². The highest BCUT2D eigenvalue weighted by molar-refractivity contribution is 5.84. The maximum atomic E-state index is 11.5. The van der Waals surface area contributed by atoms with Crippen molar-refractivity contribution in [3.8, 4) is 0 Å². The number of rotatable bonds is 6. The van der Waals surface area contributed by atoms with Crippen LogP contribution in [0.15, 0.2) is 0 Å². The van der Waals surface area contributed by atoms with Gasteiger partial charge >= 0.3 is 5.97 Å². The first-order valence-electron chi connectivity index (χ1n) is 5.38. The molecule has 0 bridgehead atoms. The number of aliphatic hydroxyl groups is 1. The van der Waals surface area contributed by atoms with Gasteiger partial charge in [-0.2, -0.15) is 0 Å². The number of aliphatic hydroxyl groups excluding tert-OH is 1. The second kappa shape index (κ2) is 5.84. The monoisotopic (exact) mass is 231 g/mol. The molecule has 0 rings (SSSR count). The molecule has 2 atom stereocenters. The van der Waals surface area contributed by atoms with Gasteiger partial charge in [-0.05, 0) is 19.8 Å². The lowest BCUT2D eigenvalue weighted by Gasteiger charge is -2.28. The fraction of sp³-hybridized carbons (Fsp3) is 0.818. The molecule has 1 amide bonds. The van der Waals surface area contributed by atoms with E-state index in [0.29, 0.717) is 0 Å². The molecule has 16 heavy (non-hydrogen) atoms. The van der Waals surface area contributed by atoms with Crippen molar-refractivity contribution in [3.63, 3.8) is 0 Å². The first kappa shape index (κ1) is 14.9. The maximum Gasteiger partial charge on any atom is 0.310 e. The van der Waals surface area contributed by atoms with Gasteiger partial charge in [0.2, 0.25) is 5.91 Å². The Hall–Kier alpha value is -1.10. The fourth-order valence-corrected chi connectivity index (χ4v) is 1.18. The third-order valence-corrected chi connectivity index (χ3v) is 2.89. The van der Waals surface area contributed by atoms with E-state index in [2.05, 4.69) is 5.32 Å². The highest BCUT2D eigenvalue weighted by atomic mass is 16.4. The van der Waals surface area contributed by atoms with Gasteiger partial charge in [-0.25, -0.2) is 0 Å². The molecule has 0 aromatic rings. The molecule has 5 nitrogen and oxygen atoms in total. The normalized spacial score (nSPS) is 16.6. The van der Waals surface area contributed by atoms with Crippen LogP contribution >= 0.6 is 0 Å². The summed E-state index contributed by atoms with van der Waals surface area (Å²) in [4.78, 5) is 22.6. The van der Waals surface area contributed by atoms with Crippen molar-refractivity contribution in [3.05, 3.63) is 0 Å². The topological polar surface area (TPSA) is 86.6 Å². The summed E-state index contributed by atoms with van der Waals surface area (Å²) in [7, 11) is 0. The molecule has 94 valence electrons. The lowest BCUT2D eigenvalue weighted by atomic mass is 9.76. The smallest absolute Gasteiger partial charge is 0.310 e. The summed E-state index contributed by atoms with van der Waals surface area (Å²) in [5.41, 5.74) is -1.07. The lowest BCUT2D eigenvalue weighted by Crippen LogP contribution is -2.40. The fourth-order valence-electron chi connectivity index (χ4n) is 1.18. The predicted molar refractivity (Wildman–Crippen MR) is 59.9 cm³/mol. The minimum atomic E-state index is -1.07. The summed E-state index contributed by atoms with van der Waals surface area (Å²) in [6.07, 6.45) is -0.703. The molecule has 0 radical (unpaired) electrons. The van der Waals surface area contributed by atoms with E-state index in [1.807, 2.05) is 0 Å². The Kier molecular flexibility index (Phi) is 5.44. The third kappa shape index (κ3) is 4.18. The molecular weight excluding hydrogens is 210 g/mol. The molecule has 0 fully saturated rings. The maximum absolute atomic E-state index is 11.5. The van der Waals surface area contributed by atoms with Crippen LogP contribution in [0.4, 0.5) is 0 Å². The zero-order valence-electron chi connectivity index (χ0n) is 10.3. The van der Waals surface area contributed by atoms with Crippen LogP contribution in [0.25, 0.3) is 0 Å². The van der Waals surface area contributed by atoms with Gasteiger partial charge in [0, 0.05) is 13.0 Å². The zero-order chi connectivity index (χ0) is 12.9.